The topological polar surface area (TPSA) is 113 Å². The van der Waals surface area contributed by atoms with Crippen LogP contribution in [0.15, 0.2) is 0 Å². The maximum absolute atomic E-state index is 11.6. The molecule has 0 aromatic heterocycles. The van der Waals surface area contributed by atoms with E-state index in [1.165, 1.54) is 0 Å². The van der Waals surface area contributed by atoms with Crippen LogP contribution in [0.25, 0.3) is 0 Å². The Morgan fingerprint density at radius 2 is 2.17 bits per heavy atom. The van der Waals surface area contributed by atoms with E-state index in [1.807, 2.05) is 0 Å². The zero-order valence-electron chi connectivity index (χ0n) is 10.2. The minimum atomic E-state index is -3.06. The molecule has 2 unspecified atom stereocenters. The summed E-state index contributed by atoms with van der Waals surface area (Å²) < 4.78 is 22.7. The van der Waals surface area contributed by atoms with Crippen molar-refractivity contribution in [1.29, 1.82) is 0 Å². The van der Waals surface area contributed by atoms with Crippen molar-refractivity contribution in [3.8, 4) is 0 Å². The molecule has 1 heterocycles. The molecule has 104 valence electrons. The molecule has 7 nitrogen and oxygen atoms in total. The van der Waals surface area contributed by atoms with Crippen LogP contribution < -0.4 is 10.6 Å². The van der Waals surface area contributed by atoms with Gasteiger partial charge in [-0.1, -0.05) is 0 Å². The molecule has 1 aliphatic rings. The second-order valence-electron chi connectivity index (χ2n) is 4.54. The zero-order chi connectivity index (χ0) is 13.8. The van der Waals surface area contributed by atoms with E-state index in [0.29, 0.717) is 6.54 Å². The molecular formula is C10H18N2O5S. The second kappa shape index (κ2) is 6.14. The van der Waals surface area contributed by atoms with Gasteiger partial charge in [0.2, 0.25) is 5.91 Å². The number of carboxylic acid groups (broad SMARTS) is 1. The predicted octanol–water partition coefficient (Wildman–Crippen LogP) is -1.26. The standard InChI is InChI=1S/C10H18N2O5S/c1-7(4-10(14)15)12-9(13)5-8-6-18(16,17)3-2-11-8/h7-8,11H,2-6H2,1H3,(H,12,13)(H,14,15). The lowest BCUT2D eigenvalue weighted by atomic mass is 10.2. The van der Waals surface area contributed by atoms with Crippen LogP contribution in [0.3, 0.4) is 0 Å². The van der Waals surface area contributed by atoms with Crippen molar-refractivity contribution in [2.45, 2.75) is 31.8 Å². The first kappa shape index (κ1) is 14.9. The van der Waals surface area contributed by atoms with Crippen molar-refractivity contribution < 1.29 is 23.1 Å². The smallest absolute Gasteiger partial charge is 0.305 e. The molecule has 8 heteroatoms. The molecule has 0 aromatic rings. The van der Waals surface area contributed by atoms with Crippen LogP contribution in [-0.4, -0.2) is 55.5 Å². The Morgan fingerprint density at radius 1 is 1.50 bits per heavy atom. The summed E-state index contributed by atoms with van der Waals surface area (Å²) in [5, 5.41) is 14.0. The van der Waals surface area contributed by atoms with Crippen LogP contribution >= 0.6 is 0 Å². The molecule has 0 saturated carbocycles. The van der Waals surface area contributed by atoms with E-state index in [1.54, 1.807) is 6.92 Å². The Bertz CT molecular complexity index is 420. The first-order valence-corrected chi connectivity index (χ1v) is 7.55. The summed E-state index contributed by atoms with van der Waals surface area (Å²) in [6, 6.07) is -0.851. The molecule has 0 spiro atoms. The fourth-order valence-electron chi connectivity index (χ4n) is 1.87. The SMILES string of the molecule is CC(CC(=O)O)NC(=O)CC1CS(=O)(=O)CCN1. The van der Waals surface area contributed by atoms with Gasteiger partial charge < -0.3 is 15.7 Å². The van der Waals surface area contributed by atoms with Crippen LogP contribution in [0.5, 0.6) is 0 Å². The van der Waals surface area contributed by atoms with Crippen molar-refractivity contribution in [3.63, 3.8) is 0 Å². The van der Waals surface area contributed by atoms with Gasteiger partial charge in [-0.2, -0.15) is 0 Å². The molecule has 0 radical (unpaired) electrons. The van der Waals surface area contributed by atoms with Crippen molar-refractivity contribution in [2.24, 2.45) is 0 Å². The van der Waals surface area contributed by atoms with Crippen LogP contribution in [0.1, 0.15) is 19.8 Å². The Labute approximate surface area is 106 Å². The van der Waals surface area contributed by atoms with Gasteiger partial charge in [0.15, 0.2) is 9.84 Å². The number of carbonyl (C=O) groups is 2. The molecule has 1 amide bonds. The maximum atomic E-state index is 11.6. The number of sulfone groups is 1. The lowest BCUT2D eigenvalue weighted by molar-refractivity contribution is -0.137. The summed E-state index contributed by atoms with van der Waals surface area (Å²) in [4.78, 5) is 22.0. The van der Waals surface area contributed by atoms with E-state index in [9.17, 15) is 18.0 Å². The van der Waals surface area contributed by atoms with E-state index in [4.69, 9.17) is 5.11 Å². The summed E-state index contributed by atoms with van der Waals surface area (Å²) in [5.41, 5.74) is 0. The number of amides is 1. The van der Waals surface area contributed by atoms with Gasteiger partial charge in [0.25, 0.3) is 0 Å². The highest BCUT2D eigenvalue weighted by atomic mass is 32.2. The molecule has 1 fully saturated rings. The average Bonchev–Trinajstić information content (AvgIpc) is 2.13. The monoisotopic (exact) mass is 278 g/mol. The fourth-order valence-corrected chi connectivity index (χ4v) is 3.31. The van der Waals surface area contributed by atoms with Gasteiger partial charge in [0.05, 0.1) is 17.9 Å². The second-order valence-corrected chi connectivity index (χ2v) is 6.76. The molecule has 1 rings (SSSR count). The number of carbonyl (C=O) groups excluding carboxylic acids is 1. The molecule has 2 atom stereocenters. The molecule has 1 saturated heterocycles. The Morgan fingerprint density at radius 3 is 2.72 bits per heavy atom. The summed E-state index contributed by atoms with van der Waals surface area (Å²) in [7, 11) is -3.06. The number of aliphatic carboxylic acids is 1. The van der Waals surface area contributed by atoms with E-state index < -0.39 is 21.8 Å². The lowest BCUT2D eigenvalue weighted by Crippen LogP contribution is -2.48. The van der Waals surface area contributed by atoms with Crippen molar-refractivity contribution in [2.75, 3.05) is 18.1 Å². The molecular weight excluding hydrogens is 260 g/mol. The third kappa shape index (κ3) is 5.46. The highest BCUT2D eigenvalue weighted by molar-refractivity contribution is 7.91. The number of hydrogen-bond acceptors (Lipinski definition) is 5. The third-order valence-corrected chi connectivity index (χ3v) is 4.36. The highest BCUT2D eigenvalue weighted by Gasteiger charge is 2.26. The minimum absolute atomic E-state index is 0.0448. The third-order valence-electron chi connectivity index (χ3n) is 2.62. The summed E-state index contributed by atoms with van der Waals surface area (Å²) in [6.07, 6.45) is -0.106. The number of hydrogen-bond donors (Lipinski definition) is 3. The van der Waals surface area contributed by atoms with Gasteiger partial charge >= 0.3 is 5.97 Å². The van der Waals surface area contributed by atoms with Crippen molar-refractivity contribution >= 4 is 21.7 Å². The maximum Gasteiger partial charge on any atom is 0.305 e. The lowest BCUT2D eigenvalue weighted by Gasteiger charge is -2.23. The van der Waals surface area contributed by atoms with E-state index in [0.717, 1.165) is 0 Å². The fraction of sp³-hybridized carbons (Fsp3) is 0.800. The van der Waals surface area contributed by atoms with E-state index >= 15 is 0 Å². The van der Waals surface area contributed by atoms with Crippen LogP contribution in [0.2, 0.25) is 0 Å². The molecule has 18 heavy (non-hydrogen) atoms. The average molecular weight is 278 g/mol. The molecule has 3 N–H and O–H groups in total. The molecule has 0 aromatic carbocycles. The van der Waals surface area contributed by atoms with Crippen molar-refractivity contribution in [1.82, 2.24) is 10.6 Å². The Hall–Kier alpha value is -1.15. The van der Waals surface area contributed by atoms with E-state index in [2.05, 4.69) is 10.6 Å². The summed E-state index contributed by atoms with van der Waals surface area (Å²) in [5.74, 6) is -1.27. The number of carboxylic acids is 1. The highest BCUT2D eigenvalue weighted by Crippen LogP contribution is 2.05. The molecule has 0 aliphatic carbocycles. The zero-order valence-corrected chi connectivity index (χ0v) is 11.0. The van der Waals surface area contributed by atoms with Crippen LogP contribution in [0, 0.1) is 0 Å². The van der Waals surface area contributed by atoms with Gasteiger partial charge in [-0.25, -0.2) is 8.42 Å². The summed E-state index contributed by atoms with van der Waals surface area (Å²) in [6.45, 7) is 1.95. The molecule has 0 bridgehead atoms. The van der Waals surface area contributed by atoms with Crippen LogP contribution in [-0.2, 0) is 19.4 Å². The van der Waals surface area contributed by atoms with Gasteiger partial charge in [0.1, 0.15) is 0 Å². The van der Waals surface area contributed by atoms with Crippen LogP contribution in [0.4, 0.5) is 0 Å². The predicted molar refractivity (Wildman–Crippen MR) is 64.9 cm³/mol. The Kier molecular flexibility index (Phi) is 5.09. The van der Waals surface area contributed by atoms with Gasteiger partial charge in [-0.15, -0.1) is 0 Å². The largest absolute Gasteiger partial charge is 0.481 e. The minimum Gasteiger partial charge on any atom is -0.481 e. The normalized spacial score (nSPS) is 24.2. The summed E-state index contributed by atoms with van der Waals surface area (Å²) >= 11 is 0. The van der Waals surface area contributed by atoms with Crippen molar-refractivity contribution in [3.05, 3.63) is 0 Å². The number of rotatable bonds is 5. The molecule has 1 aliphatic heterocycles. The first-order valence-electron chi connectivity index (χ1n) is 5.73. The Balaban J connectivity index is 2.38. The van der Waals surface area contributed by atoms with E-state index in [-0.39, 0.29) is 36.3 Å². The quantitative estimate of drug-likeness (QED) is 0.579. The first-order chi connectivity index (χ1) is 8.28. The van der Waals surface area contributed by atoms with Gasteiger partial charge in [-0.05, 0) is 6.92 Å². The van der Waals surface area contributed by atoms with Gasteiger partial charge in [0, 0.05) is 25.0 Å². The number of nitrogens with one attached hydrogen (secondary N) is 2. The van der Waals surface area contributed by atoms with Gasteiger partial charge in [-0.3, -0.25) is 9.59 Å².